The first kappa shape index (κ1) is 19.8. The summed E-state index contributed by atoms with van der Waals surface area (Å²) in [7, 11) is 0. The Labute approximate surface area is 188 Å². The predicted octanol–water partition coefficient (Wildman–Crippen LogP) is 6.85. The number of thiophene rings is 1. The van der Waals surface area contributed by atoms with Gasteiger partial charge in [-0.15, -0.1) is 11.3 Å². The Morgan fingerprint density at radius 1 is 0.968 bits per heavy atom. The van der Waals surface area contributed by atoms with Crippen molar-refractivity contribution in [2.75, 3.05) is 4.90 Å². The van der Waals surface area contributed by atoms with Crippen LogP contribution in [-0.2, 0) is 10.3 Å². The van der Waals surface area contributed by atoms with E-state index in [0.717, 1.165) is 15.3 Å². The van der Waals surface area contributed by atoms with Crippen molar-refractivity contribution in [3.63, 3.8) is 0 Å². The number of nitrogens with zero attached hydrogens (tertiary/aromatic N) is 1. The summed E-state index contributed by atoms with van der Waals surface area (Å²) >= 11 is 2.94. The van der Waals surface area contributed by atoms with Crippen LogP contribution < -0.4 is 4.90 Å². The van der Waals surface area contributed by atoms with Gasteiger partial charge in [0.2, 0.25) is 5.78 Å². The number of amides is 1. The smallest absolute Gasteiger partial charge is 0.419 e. The van der Waals surface area contributed by atoms with E-state index < -0.39 is 11.7 Å². The third kappa shape index (κ3) is 3.42. The van der Waals surface area contributed by atoms with Crippen LogP contribution in [0.25, 0.3) is 6.08 Å². The van der Waals surface area contributed by atoms with Crippen molar-refractivity contribution in [3.8, 4) is 0 Å². The van der Waals surface area contributed by atoms with Gasteiger partial charge in [-0.05, 0) is 55.1 Å². The lowest BCUT2D eigenvalue weighted by Gasteiger charge is -2.32. The number of benzene rings is 2. The number of Topliss-reactive ketones (excluding diaryl/α,β-unsaturated/α-hetero) is 1. The molecule has 0 unspecified atom stereocenters. The van der Waals surface area contributed by atoms with E-state index in [0.29, 0.717) is 21.9 Å². The highest BCUT2D eigenvalue weighted by Crippen LogP contribution is 2.45. The van der Waals surface area contributed by atoms with Crippen molar-refractivity contribution in [1.29, 1.82) is 0 Å². The number of ketones is 1. The van der Waals surface area contributed by atoms with Gasteiger partial charge >= 0.3 is 6.09 Å². The van der Waals surface area contributed by atoms with Crippen molar-refractivity contribution in [1.82, 2.24) is 0 Å². The number of hydrogen-bond acceptors (Lipinski definition) is 5. The van der Waals surface area contributed by atoms with E-state index in [1.54, 1.807) is 11.3 Å². The number of allylic oxidation sites excluding steroid dienone is 2. The summed E-state index contributed by atoms with van der Waals surface area (Å²) < 4.78 is 5.99. The Morgan fingerprint density at radius 2 is 1.74 bits per heavy atom. The largest absolute Gasteiger partial charge is 0.437 e. The fourth-order valence-electron chi connectivity index (χ4n) is 3.70. The second-order valence-corrected chi connectivity index (χ2v) is 9.72. The van der Waals surface area contributed by atoms with Gasteiger partial charge in [-0.2, -0.15) is 0 Å². The van der Waals surface area contributed by atoms with Crippen LogP contribution >= 0.6 is 23.1 Å². The third-order valence-corrected chi connectivity index (χ3v) is 7.61. The van der Waals surface area contributed by atoms with Crippen LogP contribution in [0.5, 0.6) is 0 Å². The number of thioether (sulfide) groups is 1. The summed E-state index contributed by atoms with van der Waals surface area (Å²) in [4.78, 5) is 30.6. The first-order valence-electron chi connectivity index (χ1n) is 9.86. The molecular formula is C25H19NO3S2. The van der Waals surface area contributed by atoms with Gasteiger partial charge in [0, 0.05) is 15.3 Å². The van der Waals surface area contributed by atoms with Crippen molar-refractivity contribution in [2.45, 2.75) is 24.3 Å². The van der Waals surface area contributed by atoms with E-state index in [1.807, 2.05) is 92.0 Å². The lowest BCUT2D eigenvalue weighted by atomic mass is 10.0. The highest BCUT2D eigenvalue weighted by molar-refractivity contribution is 8.04. The molecule has 31 heavy (non-hydrogen) atoms. The van der Waals surface area contributed by atoms with Crippen LogP contribution in [0.1, 0.15) is 34.6 Å². The first-order chi connectivity index (χ1) is 15.0. The van der Waals surface area contributed by atoms with Gasteiger partial charge in [-0.1, -0.05) is 54.2 Å². The molecule has 3 aromatic rings. The van der Waals surface area contributed by atoms with Crippen LogP contribution in [0.15, 0.2) is 87.6 Å². The number of hydrogen-bond donors (Lipinski definition) is 0. The van der Waals surface area contributed by atoms with Crippen molar-refractivity contribution in [3.05, 3.63) is 98.7 Å². The molecule has 5 rings (SSSR count). The lowest BCUT2D eigenvalue weighted by Crippen LogP contribution is -2.37. The Balaban J connectivity index is 1.59. The van der Waals surface area contributed by atoms with Gasteiger partial charge in [0.1, 0.15) is 5.60 Å². The van der Waals surface area contributed by atoms with E-state index in [-0.39, 0.29) is 5.78 Å². The maximum absolute atomic E-state index is 13.5. The molecule has 0 saturated carbocycles. The Kier molecular flexibility index (Phi) is 4.84. The minimum atomic E-state index is -0.799. The molecular weight excluding hydrogens is 426 g/mol. The molecule has 0 fully saturated rings. The molecule has 0 spiro atoms. The fraction of sp³-hybridized carbons (Fsp3) is 0.120. The number of ether oxygens (including phenoxy) is 1. The van der Waals surface area contributed by atoms with Crippen molar-refractivity contribution in [2.24, 2.45) is 0 Å². The molecule has 2 aromatic carbocycles. The standard InChI is InChI=1S/C25H19NO3S2/c1-25(2,21-12-7-15-30-21)29-24(28)26-18-10-5-3-8-16(18)13-14-19(26)23-22(27)17-9-4-6-11-20(17)31-23/h3-15H,1-2H3/b23-19+. The van der Waals surface area contributed by atoms with E-state index >= 15 is 0 Å². The topological polar surface area (TPSA) is 46.6 Å². The SMILES string of the molecule is CC(C)(OC(=O)N1/C(=C2/Sc3ccccc3C2=O)C=Cc2ccccc21)c1cccs1. The van der Waals surface area contributed by atoms with Crippen LogP contribution in [0.4, 0.5) is 10.5 Å². The summed E-state index contributed by atoms with van der Waals surface area (Å²) in [6, 6.07) is 19.0. The van der Waals surface area contributed by atoms with E-state index in [2.05, 4.69) is 0 Å². The number of para-hydroxylation sites is 1. The molecule has 0 atom stereocenters. The molecule has 2 aliphatic rings. The molecule has 0 radical (unpaired) electrons. The minimum absolute atomic E-state index is 0.0741. The summed E-state index contributed by atoms with van der Waals surface area (Å²) in [6.07, 6.45) is 3.25. The number of carbonyl (C=O) groups excluding carboxylic acids is 2. The molecule has 0 N–H and O–H groups in total. The molecule has 0 bridgehead atoms. The molecule has 0 saturated heterocycles. The van der Waals surface area contributed by atoms with Gasteiger partial charge < -0.3 is 4.74 Å². The summed E-state index contributed by atoms with van der Waals surface area (Å²) in [5.74, 6) is -0.0741. The zero-order valence-electron chi connectivity index (χ0n) is 17.0. The highest BCUT2D eigenvalue weighted by Gasteiger charge is 2.37. The zero-order chi connectivity index (χ0) is 21.6. The van der Waals surface area contributed by atoms with Gasteiger partial charge in [-0.3, -0.25) is 4.79 Å². The van der Waals surface area contributed by atoms with Gasteiger partial charge in [0.25, 0.3) is 0 Å². The molecule has 0 aliphatic carbocycles. The normalized spacial score (nSPS) is 17.5. The third-order valence-electron chi connectivity index (χ3n) is 5.26. The van der Waals surface area contributed by atoms with Crippen molar-refractivity contribution >= 4 is 46.7 Å². The van der Waals surface area contributed by atoms with Gasteiger partial charge in [0.05, 0.1) is 16.3 Å². The number of fused-ring (bicyclic) bond motifs is 2. The first-order valence-corrected chi connectivity index (χ1v) is 11.6. The molecule has 3 heterocycles. The lowest BCUT2D eigenvalue weighted by molar-refractivity contribution is 0.0454. The summed E-state index contributed by atoms with van der Waals surface area (Å²) in [5, 5.41) is 1.96. The highest BCUT2D eigenvalue weighted by atomic mass is 32.2. The summed E-state index contributed by atoms with van der Waals surface area (Å²) in [5.41, 5.74) is 1.99. The number of rotatable bonds is 2. The minimum Gasteiger partial charge on any atom is -0.437 e. The molecule has 1 aromatic heterocycles. The Hall–Kier alpha value is -3.09. The van der Waals surface area contributed by atoms with Crippen LogP contribution in [0.3, 0.4) is 0 Å². The molecule has 2 aliphatic heterocycles. The molecule has 1 amide bonds. The maximum atomic E-state index is 13.5. The van der Waals surface area contributed by atoms with Gasteiger partial charge in [-0.25, -0.2) is 9.69 Å². The van der Waals surface area contributed by atoms with Gasteiger partial charge in [0.15, 0.2) is 0 Å². The Bertz CT molecular complexity index is 1260. The summed E-state index contributed by atoms with van der Waals surface area (Å²) in [6.45, 7) is 3.75. The Morgan fingerprint density at radius 3 is 2.52 bits per heavy atom. The van der Waals surface area contributed by atoms with E-state index in [1.165, 1.54) is 16.7 Å². The second-order valence-electron chi connectivity index (χ2n) is 7.72. The number of anilines is 1. The fourth-order valence-corrected chi connectivity index (χ4v) is 5.59. The quantitative estimate of drug-likeness (QED) is 0.405. The van der Waals surface area contributed by atoms with Crippen LogP contribution in [0.2, 0.25) is 0 Å². The molecule has 154 valence electrons. The van der Waals surface area contributed by atoms with E-state index in [9.17, 15) is 9.59 Å². The molecule has 6 heteroatoms. The average molecular weight is 446 g/mol. The maximum Gasteiger partial charge on any atom is 0.419 e. The number of carbonyl (C=O) groups is 2. The predicted molar refractivity (Wildman–Crippen MR) is 125 cm³/mol. The van der Waals surface area contributed by atoms with Crippen LogP contribution in [0, 0.1) is 0 Å². The zero-order valence-corrected chi connectivity index (χ0v) is 18.6. The van der Waals surface area contributed by atoms with Crippen molar-refractivity contribution < 1.29 is 14.3 Å². The monoisotopic (exact) mass is 445 g/mol. The average Bonchev–Trinajstić information content (AvgIpc) is 3.42. The molecule has 4 nitrogen and oxygen atoms in total. The van der Waals surface area contributed by atoms with E-state index in [4.69, 9.17) is 4.74 Å². The second kappa shape index (κ2) is 7.55. The van der Waals surface area contributed by atoms with Crippen LogP contribution in [-0.4, -0.2) is 11.9 Å².